The summed E-state index contributed by atoms with van der Waals surface area (Å²) in [6.07, 6.45) is 0.454. The number of carbonyl (C=O) groups is 3. The van der Waals surface area contributed by atoms with Crippen LogP contribution in [-0.4, -0.2) is 35.6 Å². The highest BCUT2D eigenvalue weighted by molar-refractivity contribution is 6.04. The Morgan fingerprint density at radius 3 is 2.48 bits per heavy atom. The number of aromatic nitrogens is 1. The fourth-order valence-electron chi connectivity index (χ4n) is 2.85. The number of amides is 1. The number of para-hydroxylation sites is 1. The molecule has 0 bridgehead atoms. The van der Waals surface area contributed by atoms with E-state index in [2.05, 4.69) is 5.32 Å². The van der Waals surface area contributed by atoms with Crippen molar-refractivity contribution < 1.29 is 28.2 Å². The predicted molar refractivity (Wildman–Crippen MR) is 104 cm³/mol. The van der Waals surface area contributed by atoms with Gasteiger partial charge in [-0.3, -0.25) is 9.59 Å². The molecule has 3 aromatic rings. The second kappa shape index (κ2) is 8.55. The molecule has 1 N–H and O–H groups in total. The van der Waals surface area contributed by atoms with Gasteiger partial charge in [-0.1, -0.05) is 18.2 Å². The number of anilines is 1. The SMILES string of the molecule is COC(=O)c1cn(CC(=O)O[C@H](C)C(=O)Nc2ccc(F)cc2)c2ccccc12. The highest BCUT2D eigenvalue weighted by atomic mass is 19.1. The Kier molecular flexibility index (Phi) is 5.92. The summed E-state index contributed by atoms with van der Waals surface area (Å²) in [5.74, 6) is -2.13. The zero-order chi connectivity index (χ0) is 21.0. The van der Waals surface area contributed by atoms with Gasteiger partial charge in [0.2, 0.25) is 0 Å². The Morgan fingerprint density at radius 1 is 1.10 bits per heavy atom. The van der Waals surface area contributed by atoms with E-state index in [9.17, 15) is 18.8 Å². The minimum Gasteiger partial charge on any atom is -0.465 e. The number of halogens is 1. The zero-order valence-corrected chi connectivity index (χ0v) is 15.8. The molecule has 0 radical (unpaired) electrons. The van der Waals surface area contributed by atoms with Crippen LogP contribution >= 0.6 is 0 Å². The third-order valence-electron chi connectivity index (χ3n) is 4.28. The van der Waals surface area contributed by atoms with Crippen LogP contribution in [0.3, 0.4) is 0 Å². The fraction of sp³-hybridized carbons (Fsp3) is 0.190. The zero-order valence-electron chi connectivity index (χ0n) is 15.8. The maximum absolute atomic E-state index is 12.9. The predicted octanol–water partition coefficient (Wildman–Crippen LogP) is 3.14. The molecule has 0 spiro atoms. The number of methoxy groups -OCH3 is 1. The van der Waals surface area contributed by atoms with Crippen LogP contribution < -0.4 is 5.32 Å². The molecule has 7 nitrogen and oxygen atoms in total. The summed E-state index contributed by atoms with van der Waals surface area (Å²) >= 11 is 0. The highest BCUT2D eigenvalue weighted by Crippen LogP contribution is 2.22. The van der Waals surface area contributed by atoms with Gasteiger partial charge in [0.1, 0.15) is 12.4 Å². The van der Waals surface area contributed by atoms with Crippen molar-refractivity contribution in [2.45, 2.75) is 19.6 Å². The van der Waals surface area contributed by atoms with Crippen LogP contribution in [0.15, 0.2) is 54.7 Å². The number of fused-ring (bicyclic) bond motifs is 1. The molecule has 0 fully saturated rings. The number of hydrogen-bond donors (Lipinski definition) is 1. The van der Waals surface area contributed by atoms with Crippen LogP contribution in [0.2, 0.25) is 0 Å². The Balaban J connectivity index is 1.68. The molecule has 3 rings (SSSR count). The molecular weight excluding hydrogens is 379 g/mol. The van der Waals surface area contributed by atoms with Gasteiger partial charge in [0, 0.05) is 22.8 Å². The van der Waals surface area contributed by atoms with Gasteiger partial charge in [0.25, 0.3) is 5.91 Å². The van der Waals surface area contributed by atoms with E-state index in [4.69, 9.17) is 9.47 Å². The molecule has 8 heteroatoms. The lowest BCUT2D eigenvalue weighted by atomic mass is 10.2. The molecule has 1 heterocycles. The van der Waals surface area contributed by atoms with Crippen LogP contribution in [0.1, 0.15) is 17.3 Å². The average molecular weight is 398 g/mol. The lowest BCUT2D eigenvalue weighted by Crippen LogP contribution is -2.31. The van der Waals surface area contributed by atoms with E-state index < -0.39 is 29.8 Å². The van der Waals surface area contributed by atoms with Crippen molar-refractivity contribution in [2.75, 3.05) is 12.4 Å². The topological polar surface area (TPSA) is 86.6 Å². The van der Waals surface area contributed by atoms with Gasteiger partial charge in [-0.25, -0.2) is 9.18 Å². The Bertz CT molecular complexity index is 1060. The van der Waals surface area contributed by atoms with Crippen molar-refractivity contribution in [3.8, 4) is 0 Å². The van der Waals surface area contributed by atoms with Crippen LogP contribution in [0.25, 0.3) is 10.9 Å². The average Bonchev–Trinajstić information content (AvgIpc) is 3.07. The Hall–Kier alpha value is -3.68. The van der Waals surface area contributed by atoms with E-state index in [-0.39, 0.29) is 6.54 Å². The van der Waals surface area contributed by atoms with Crippen LogP contribution in [0, 0.1) is 5.82 Å². The third-order valence-corrected chi connectivity index (χ3v) is 4.28. The summed E-state index contributed by atoms with van der Waals surface area (Å²) in [4.78, 5) is 36.5. The molecule has 0 saturated heterocycles. The quantitative estimate of drug-likeness (QED) is 0.645. The van der Waals surface area contributed by atoms with Gasteiger partial charge in [0.15, 0.2) is 6.10 Å². The Morgan fingerprint density at radius 2 is 1.79 bits per heavy atom. The second-order valence-corrected chi connectivity index (χ2v) is 6.31. The van der Waals surface area contributed by atoms with Crippen molar-refractivity contribution in [2.24, 2.45) is 0 Å². The summed E-state index contributed by atoms with van der Waals surface area (Å²) in [6, 6.07) is 12.3. The van der Waals surface area contributed by atoms with Gasteiger partial charge < -0.3 is 19.4 Å². The number of nitrogens with one attached hydrogen (secondary N) is 1. The van der Waals surface area contributed by atoms with Crippen molar-refractivity contribution >= 4 is 34.4 Å². The number of esters is 2. The standard InChI is InChI=1S/C21H19FN2O5/c1-13(20(26)23-15-9-7-14(22)8-10-15)29-19(25)12-24-11-17(21(27)28-2)16-5-3-4-6-18(16)24/h3-11,13H,12H2,1-2H3,(H,23,26)/t13-/m1/s1. The first kappa shape index (κ1) is 20.1. The molecule has 150 valence electrons. The second-order valence-electron chi connectivity index (χ2n) is 6.31. The van der Waals surface area contributed by atoms with Crippen molar-refractivity contribution in [3.63, 3.8) is 0 Å². The Labute approximate surface area is 166 Å². The molecule has 0 unspecified atom stereocenters. The summed E-state index contributed by atoms with van der Waals surface area (Å²) in [5, 5.41) is 3.19. The molecule has 0 aliphatic carbocycles. The molecule has 1 atom stereocenters. The summed E-state index contributed by atoms with van der Waals surface area (Å²) in [7, 11) is 1.28. The van der Waals surface area contributed by atoms with E-state index in [1.165, 1.54) is 44.5 Å². The summed E-state index contributed by atoms with van der Waals surface area (Å²) in [6.45, 7) is 1.25. The van der Waals surface area contributed by atoms with Crippen LogP contribution in [0.4, 0.5) is 10.1 Å². The maximum atomic E-state index is 12.9. The van der Waals surface area contributed by atoms with Crippen molar-refractivity contribution in [1.82, 2.24) is 4.57 Å². The number of rotatable bonds is 6. The molecule has 0 aliphatic rings. The number of benzene rings is 2. The minimum atomic E-state index is -1.06. The fourth-order valence-corrected chi connectivity index (χ4v) is 2.85. The monoisotopic (exact) mass is 398 g/mol. The van der Waals surface area contributed by atoms with Crippen molar-refractivity contribution in [1.29, 1.82) is 0 Å². The first-order chi connectivity index (χ1) is 13.9. The molecule has 0 aliphatic heterocycles. The van der Waals surface area contributed by atoms with Gasteiger partial charge in [-0.05, 0) is 37.3 Å². The van der Waals surface area contributed by atoms with Crippen LogP contribution in [-0.2, 0) is 25.6 Å². The molecule has 0 saturated carbocycles. The van der Waals surface area contributed by atoms with Gasteiger partial charge in [-0.15, -0.1) is 0 Å². The minimum absolute atomic E-state index is 0.189. The molecule has 1 amide bonds. The molecule has 1 aromatic heterocycles. The first-order valence-electron chi connectivity index (χ1n) is 8.81. The van der Waals surface area contributed by atoms with Gasteiger partial charge >= 0.3 is 11.9 Å². The smallest absolute Gasteiger partial charge is 0.340 e. The lowest BCUT2D eigenvalue weighted by molar-refractivity contribution is -0.153. The molecule has 2 aromatic carbocycles. The van der Waals surface area contributed by atoms with Crippen molar-refractivity contribution in [3.05, 3.63) is 66.1 Å². The third kappa shape index (κ3) is 4.60. The van der Waals surface area contributed by atoms with E-state index in [1.807, 2.05) is 0 Å². The van der Waals surface area contributed by atoms with Gasteiger partial charge in [0.05, 0.1) is 12.7 Å². The number of ether oxygens (including phenoxy) is 2. The first-order valence-corrected chi connectivity index (χ1v) is 8.81. The van der Waals surface area contributed by atoms with E-state index in [0.29, 0.717) is 22.2 Å². The van der Waals surface area contributed by atoms with E-state index >= 15 is 0 Å². The number of hydrogen-bond acceptors (Lipinski definition) is 5. The summed E-state index contributed by atoms with van der Waals surface area (Å²) < 4.78 is 24.5. The van der Waals surface area contributed by atoms with Crippen LogP contribution in [0.5, 0.6) is 0 Å². The highest BCUT2D eigenvalue weighted by Gasteiger charge is 2.21. The normalized spacial score (nSPS) is 11.7. The maximum Gasteiger partial charge on any atom is 0.340 e. The van der Waals surface area contributed by atoms with Gasteiger partial charge in [-0.2, -0.15) is 0 Å². The largest absolute Gasteiger partial charge is 0.465 e. The molecular formula is C21H19FN2O5. The number of carbonyl (C=O) groups excluding carboxylic acids is 3. The summed E-state index contributed by atoms with van der Waals surface area (Å²) in [5.41, 5.74) is 1.38. The van der Waals surface area contributed by atoms with E-state index in [0.717, 1.165) is 0 Å². The lowest BCUT2D eigenvalue weighted by Gasteiger charge is -2.14. The molecule has 29 heavy (non-hydrogen) atoms. The number of nitrogens with zero attached hydrogens (tertiary/aromatic N) is 1. The van der Waals surface area contributed by atoms with E-state index in [1.54, 1.807) is 28.8 Å².